The second-order valence-corrected chi connectivity index (χ2v) is 5.55. The Morgan fingerprint density at radius 2 is 2.00 bits per heavy atom. The lowest BCUT2D eigenvalue weighted by molar-refractivity contribution is 0.830. The molecule has 0 spiro atoms. The zero-order valence-electron chi connectivity index (χ0n) is 12.4. The lowest BCUT2D eigenvalue weighted by Gasteiger charge is -2.13. The Kier molecular flexibility index (Phi) is 5.35. The maximum absolute atomic E-state index is 4.63. The third-order valence-corrected chi connectivity index (χ3v) is 3.92. The average molecular weight is 290 g/mol. The molecule has 0 aliphatic heterocycles. The molecule has 20 heavy (non-hydrogen) atoms. The largest absolute Gasteiger partial charge is 0.373 e. The van der Waals surface area contributed by atoms with Crippen molar-refractivity contribution in [1.82, 2.24) is 9.97 Å². The number of nitrogens with zero attached hydrogens (tertiary/aromatic N) is 2. The van der Waals surface area contributed by atoms with Crippen LogP contribution < -0.4 is 10.6 Å². The predicted molar refractivity (Wildman–Crippen MR) is 86.8 cm³/mol. The summed E-state index contributed by atoms with van der Waals surface area (Å²) in [4.78, 5) is 9.17. The van der Waals surface area contributed by atoms with E-state index in [0.29, 0.717) is 0 Å². The Bertz CT molecular complexity index is 537. The molecule has 0 aromatic carbocycles. The minimum atomic E-state index is 0.892. The molecule has 4 nitrogen and oxygen atoms in total. The molecule has 0 aliphatic carbocycles. The average Bonchev–Trinajstić information content (AvgIpc) is 2.95. The van der Waals surface area contributed by atoms with Gasteiger partial charge in [0.2, 0.25) is 0 Å². The summed E-state index contributed by atoms with van der Waals surface area (Å²) < 4.78 is 0. The van der Waals surface area contributed by atoms with E-state index in [2.05, 4.69) is 51.3 Å². The lowest BCUT2D eigenvalue weighted by Crippen LogP contribution is -2.11. The van der Waals surface area contributed by atoms with Gasteiger partial charge in [-0.3, -0.25) is 0 Å². The van der Waals surface area contributed by atoms with Crippen molar-refractivity contribution in [1.29, 1.82) is 0 Å². The van der Waals surface area contributed by atoms with Gasteiger partial charge >= 0.3 is 0 Å². The van der Waals surface area contributed by atoms with Crippen LogP contribution >= 0.6 is 11.3 Å². The van der Waals surface area contributed by atoms with E-state index in [1.165, 1.54) is 5.56 Å². The molecule has 0 saturated carbocycles. The van der Waals surface area contributed by atoms with Crippen molar-refractivity contribution in [2.24, 2.45) is 0 Å². The summed E-state index contributed by atoms with van der Waals surface area (Å²) in [6, 6.07) is 2.17. The summed E-state index contributed by atoms with van der Waals surface area (Å²) in [6.07, 6.45) is 2.99. The number of hydrogen-bond donors (Lipinski definition) is 2. The van der Waals surface area contributed by atoms with Crippen molar-refractivity contribution in [3.63, 3.8) is 0 Å². The first-order chi connectivity index (χ1) is 9.74. The van der Waals surface area contributed by atoms with Crippen molar-refractivity contribution >= 4 is 23.0 Å². The van der Waals surface area contributed by atoms with Crippen LogP contribution in [0.15, 0.2) is 16.8 Å². The van der Waals surface area contributed by atoms with Crippen LogP contribution in [0.4, 0.5) is 11.6 Å². The van der Waals surface area contributed by atoms with Gasteiger partial charge in [0, 0.05) is 25.6 Å². The highest BCUT2D eigenvalue weighted by Gasteiger charge is 2.09. The third kappa shape index (κ3) is 3.70. The number of rotatable bonds is 7. The molecule has 2 rings (SSSR count). The van der Waals surface area contributed by atoms with Gasteiger partial charge in [-0.2, -0.15) is 11.3 Å². The predicted octanol–water partition coefficient (Wildman–Crippen LogP) is 3.50. The van der Waals surface area contributed by atoms with Crippen molar-refractivity contribution in [3.8, 4) is 0 Å². The van der Waals surface area contributed by atoms with Crippen molar-refractivity contribution < 1.29 is 0 Å². The molecule has 0 fully saturated rings. The number of thiophene rings is 1. The van der Waals surface area contributed by atoms with Crippen LogP contribution in [0, 0.1) is 6.92 Å². The van der Waals surface area contributed by atoms with Crippen LogP contribution in [0.5, 0.6) is 0 Å². The van der Waals surface area contributed by atoms with Gasteiger partial charge in [-0.05, 0) is 42.2 Å². The number of aromatic nitrogens is 2. The van der Waals surface area contributed by atoms with Crippen LogP contribution in [-0.4, -0.2) is 23.6 Å². The van der Waals surface area contributed by atoms with Gasteiger partial charge in [-0.25, -0.2) is 9.97 Å². The fraction of sp³-hybridized carbons (Fsp3) is 0.467. The van der Waals surface area contributed by atoms with Gasteiger partial charge in [-0.15, -0.1) is 0 Å². The summed E-state index contributed by atoms with van der Waals surface area (Å²) in [5.41, 5.74) is 2.45. The smallest absolute Gasteiger partial charge is 0.134 e. The van der Waals surface area contributed by atoms with E-state index >= 15 is 0 Å². The van der Waals surface area contributed by atoms with Gasteiger partial charge in [0.1, 0.15) is 17.5 Å². The summed E-state index contributed by atoms with van der Waals surface area (Å²) in [5.74, 6) is 2.77. The first-order valence-electron chi connectivity index (χ1n) is 7.04. The van der Waals surface area contributed by atoms with Crippen LogP contribution in [-0.2, 0) is 12.8 Å². The monoisotopic (exact) mass is 290 g/mol. The molecular formula is C15H22N4S. The molecule has 2 N–H and O–H groups in total. The normalized spacial score (nSPS) is 10.6. The van der Waals surface area contributed by atoms with Gasteiger partial charge in [0.15, 0.2) is 0 Å². The van der Waals surface area contributed by atoms with Crippen molar-refractivity contribution in [2.75, 3.05) is 24.2 Å². The zero-order valence-corrected chi connectivity index (χ0v) is 13.2. The second kappa shape index (κ2) is 7.24. The molecule has 0 amide bonds. The first-order valence-corrected chi connectivity index (χ1v) is 7.99. The number of hydrogen-bond acceptors (Lipinski definition) is 5. The van der Waals surface area contributed by atoms with E-state index in [-0.39, 0.29) is 0 Å². The molecular weight excluding hydrogens is 268 g/mol. The summed E-state index contributed by atoms with van der Waals surface area (Å²) in [6.45, 7) is 5.09. The van der Waals surface area contributed by atoms with Gasteiger partial charge in [0.25, 0.3) is 0 Å². The van der Waals surface area contributed by atoms with E-state index in [1.54, 1.807) is 11.3 Å². The summed E-state index contributed by atoms with van der Waals surface area (Å²) >= 11 is 1.74. The maximum Gasteiger partial charge on any atom is 0.134 e. The topological polar surface area (TPSA) is 49.8 Å². The Morgan fingerprint density at radius 1 is 1.20 bits per heavy atom. The number of aryl methyl sites for hydroxylation is 1. The van der Waals surface area contributed by atoms with Crippen molar-refractivity contribution in [3.05, 3.63) is 33.8 Å². The number of anilines is 2. The lowest BCUT2D eigenvalue weighted by atomic mass is 10.2. The molecule has 2 heterocycles. The molecule has 0 bridgehead atoms. The van der Waals surface area contributed by atoms with E-state index in [4.69, 9.17) is 0 Å². The van der Waals surface area contributed by atoms with Gasteiger partial charge < -0.3 is 10.6 Å². The Balaban J connectivity index is 2.06. The van der Waals surface area contributed by atoms with Crippen LogP contribution in [0.3, 0.4) is 0 Å². The Hall–Kier alpha value is -1.62. The van der Waals surface area contributed by atoms with E-state index in [1.807, 2.05) is 7.05 Å². The minimum Gasteiger partial charge on any atom is -0.373 e. The van der Waals surface area contributed by atoms with E-state index in [9.17, 15) is 0 Å². The fourth-order valence-electron chi connectivity index (χ4n) is 2.07. The summed E-state index contributed by atoms with van der Waals surface area (Å²) in [7, 11) is 1.90. The van der Waals surface area contributed by atoms with Crippen molar-refractivity contribution in [2.45, 2.75) is 33.1 Å². The SMILES string of the molecule is CCCc1nc(NC)c(C)c(NCCc2ccsc2)n1. The highest BCUT2D eigenvalue weighted by atomic mass is 32.1. The quantitative estimate of drug-likeness (QED) is 0.819. The maximum atomic E-state index is 4.63. The van der Waals surface area contributed by atoms with Gasteiger partial charge in [0.05, 0.1) is 0 Å². The molecule has 0 aliphatic rings. The van der Waals surface area contributed by atoms with E-state index in [0.717, 1.165) is 48.8 Å². The second-order valence-electron chi connectivity index (χ2n) is 4.77. The van der Waals surface area contributed by atoms with Crippen LogP contribution in [0.25, 0.3) is 0 Å². The van der Waals surface area contributed by atoms with Crippen LogP contribution in [0.1, 0.15) is 30.3 Å². The summed E-state index contributed by atoms with van der Waals surface area (Å²) in [5, 5.41) is 10.9. The molecule has 5 heteroatoms. The standard InChI is InChI=1S/C15H22N4S/c1-4-5-13-18-14(16-3)11(2)15(19-13)17-8-6-12-7-9-20-10-12/h7,9-10H,4-6,8H2,1-3H3,(H2,16,17,18,19). The first kappa shape index (κ1) is 14.8. The zero-order chi connectivity index (χ0) is 14.4. The molecule has 0 unspecified atom stereocenters. The highest BCUT2D eigenvalue weighted by Crippen LogP contribution is 2.20. The Labute approximate surface area is 124 Å². The third-order valence-electron chi connectivity index (χ3n) is 3.19. The minimum absolute atomic E-state index is 0.892. The molecule has 0 atom stereocenters. The Morgan fingerprint density at radius 3 is 2.65 bits per heavy atom. The molecule has 0 saturated heterocycles. The van der Waals surface area contributed by atoms with E-state index < -0.39 is 0 Å². The number of nitrogens with one attached hydrogen (secondary N) is 2. The fourth-order valence-corrected chi connectivity index (χ4v) is 2.78. The van der Waals surface area contributed by atoms with Gasteiger partial charge in [-0.1, -0.05) is 6.92 Å². The highest BCUT2D eigenvalue weighted by molar-refractivity contribution is 7.07. The molecule has 0 radical (unpaired) electrons. The molecule has 108 valence electrons. The van der Waals surface area contributed by atoms with Crippen LogP contribution in [0.2, 0.25) is 0 Å². The molecule has 2 aromatic heterocycles. The molecule has 2 aromatic rings.